The van der Waals surface area contributed by atoms with Crippen molar-refractivity contribution in [1.29, 1.82) is 0 Å². The Morgan fingerprint density at radius 2 is 1.73 bits per heavy atom. The number of hydrogen-bond donors (Lipinski definition) is 1. The fourth-order valence-electron chi connectivity index (χ4n) is 4.81. The predicted octanol–water partition coefficient (Wildman–Crippen LogP) is 4.68. The Balaban J connectivity index is 1.67. The van der Waals surface area contributed by atoms with Crippen molar-refractivity contribution in [2.75, 3.05) is 25.6 Å². The first kappa shape index (κ1) is 27.9. The Morgan fingerprint density at radius 3 is 2.41 bits per heavy atom. The van der Waals surface area contributed by atoms with Crippen LogP contribution in [0.5, 0.6) is 17.2 Å². The number of para-hydroxylation sites is 2. The number of aromatic nitrogens is 1. The molecular weight excluding hydrogens is 538 g/mol. The highest BCUT2D eigenvalue weighted by atomic mass is 32.1. The number of nitrogens with one attached hydrogen (secondary N) is 1. The number of fused-ring (bicyclic) bond motifs is 1. The van der Waals surface area contributed by atoms with Crippen LogP contribution in [0, 0.1) is 0 Å². The average Bonchev–Trinajstić information content (AvgIpc) is 3.28. The van der Waals surface area contributed by atoms with E-state index in [2.05, 4.69) is 5.32 Å². The Labute approximate surface area is 241 Å². The number of thiazole rings is 1. The van der Waals surface area contributed by atoms with Gasteiger partial charge in [0.05, 0.1) is 42.2 Å². The molecule has 0 radical (unpaired) electrons. The number of amides is 1. The van der Waals surface area contributed by atoms with Gasteiger partial charge < -0.3 is 19.5 Å². The number of allylic oxidation sites excluding steroid dienone is 1. The number of hydrogen-bond acceptors (Lipinski definition) is 7. The van der Waals surface area contributed by atoms with Crippen LogP contribution in [-0.2, 0) is 4.79 Å². The molecule has 1 amide bonds. The van der Waals surface area contributed by atoms with Crippen molar-refractivity contribution < 1.29 is 19.0 Å². The van der Waals surface area contributed by atoms with Crippen molar-refractivity contribution >= 4 is 29.0 Å². The highest BCUT2D eigenvalue weighted by molar-refractivity contribution is 7.07. The monoisotopic (exact) mass is 569 g/mol. The van der Waals surface area contributed by atoms with E-state index in [4.69, 9.17) is 19.2 Å². The molecular formula is C32H31N3O5S. The topological polar surface area (TPSA) is 91.2 Å². The summed E-state index contributed by atoms with van der Waals surface area (Å²) in [6.07, 6.45) is 1.79. The molecule has 0 bridgehead atoms. The lowest BCUT2D eigenvalue weighted by Crippen LogP contribution is -2.40. The maximum atomic E-state index is 14.1. The van der Waals surface area contributed by atoms with E-state index in [0.29, 0.717) is 62.3 Å². The van der Waals surface area contributed by atoms with Gasteiger partial charge in [0, 0.05) is 11.3 Å². The van der Waals surface area contributed by atoms with Crippen LogP contribution in [0.1, 0.15) is 37.9 Å². The standard InChI is InChI=1S/C32H31N3O5S/c1-5-39-24-17-15-21(16-18-24)28-27(30(36)34-23-12-8-7-9-13-23)20(3)33-32-35(28)31(37)26(41-32)19-22-11-10-14-25(38-4)29(22)40-6-2/h7-19,28H,5-6H2,1-4H3,(H,34,36)/b26-19-/t28-/m1/s1. The summed E-state index contributed by atoms with van der Waals surface area (Å²) in [5.74, 6) is 1.53. The maximum absolute atomic E-state index is 14.1. The molecule has 8 nitrogen and oxygen atoms in total. The molecule has 4 aromatic rings. The Kier molecular flexibility index (Phi) is 8.35. The van der Waals surface area contributed by atoms with Gasteiger partial charge in [-0.25, -0.2) is 4.99 Å². The third-order valence-corrected chi connectivity index (χ3v) is 7.59. The van der Waals surface area contributed by atoms with E-state index in [-0.39, 0.29) is 11.5 Å². The number of carbonyl (C=O) groups excluding carboxylic acids is 1. The summed E-state index contributed by atoms with van der Waals surface area (Å²) in [5, 5.41) is 2.97. The average molecular weight is 570 g/mol. The summed E-state index contributed by atoms with van der Waals surface area (Å²) in [6.45, 7) is 6.59. The highest BCUT2D eigenvalue weighted by Crippen LogP contribution is 2.33. The largest absolute Gasteiger partial charge is 0.494 e. The minimum absolute atomic E-state index is 0.254. The van der Waals surface area contributed by atoms with Gasteiger partial charge in [0.15, 0.2) is 16.3 Å². The molecule has 0 aliphatic carbocycles. The zero-order valence-electron chi connectivity index (χ0n) is 23.3. The second-order valence-corrected chi connectivity index (χ2v) is 10.2. The normalized spacial score (nSPS) is 14.7. The lowest BCUT2D eigenvalue weighted by Gasteiger charge is -2.25. The van der Waals surface area contributed by atoms with Crippen LogP contribution in [0.2, 0.25) is 0 Å². The molecule has 2 heterocycles. The molecule has 1 atom stereocenters. The molecule has 0 saturated carbocycles. The van der Waals surface area contributed by atoms with Crippen LogP contribution in [0.4, 0.5) is 5.69 Å². The second-order valence-electron chi connectivity index (χ2n) is 9.22. The molecule has 1 aromatic heterocycles. The highest BCUT2D eigenvalue weighted by Gasteiger charge is 2.32. The van der Waals surface area contributed by atoms with Crippen LogP contribution in [-0.4, -0.2) is 30.8 Å². The summed E-state index contributed by atoms with van der Waals surface area (Å²) in [6, 6.07) is 21.5. The van der Waals surface area contributed by atoms with E-state index >= 15 is 0 Å². The summed E-state index contributed by atoms with van der Waals surface area (Å²) in [5.41, 5.74) is 2.82. The summed E-state index contributed by atoms with van der Waals surface area (Å²) < 4.78 is 19.0. The van der Waals surface area contributed by atoms with E-state index in [1.54, 1.807) is 24.7 Å². The van der Waals surface area contributed by atoms with Crippen molar-refractivity contribution in [3.05, 3.63) is 115 Å². The Morgan fingerprint density at radius 1 is 1.00 bits per heavy atom. The lowest BCUT2D eigenvalue weighted by atomic mass is 9.95. The number of ether oxygens (including phenoxy) is 3. The van der Waals surface area contributed by atoms with E-state index in [1.165, 1.54) is 11.3 Å². The first-order valence-corrected chi connectivity index (χ1v) is 14.2. The van der Waals surface area contributed by atoms with E-state index in [0.717, 1.165) is 5.56 Å². The molecule has 0 spiro atoms. The molecule has 0 unspecified atom stereocenters. The van der Waals surface area contributed by atoms with Crippen molar-refractivity contribution in [1.82, 2.24) is 4.57 Å². The summed E-state index contributed by atoms with van der Waals surface area (Å²) in [7, 11) is 1.58. The Bertz CT molecular complexity index is 1770. The van der Waals surface area contributed by atoms with E-state index < -0.39 is 6.04 Å². The Hall–Kier alpha value is -4.63. The zero-order valence-corrected chi connectivity index (χ0v) is 24.2. The van der Waals surface area contributed by atoms with Gasteiger partial charge in [0.25, 0.3) is 11.5 Å². The van der Waals surface area contributed by atoms with Gasteiger partial charge in [-0.15, -0.1) is 0 Å². The third-order valence-electron chi connectivity index (χ3n) is 6.61. The molecule has 0 saturated heterocycles. The van der Waals surface area contributed by atoms with Crippen LogP contribution >= 0.6 is 11.3 Å². The number of anilines is 1. The maximum Gasteiger partial charge on any atom is 0.271 e. The fourth-order valence-corrected chi connectivity index (χ4v) is 5.84. The fraction of sp³-hybridized carbons (Fsp3) is 0.219. The molecule has 210 valence electrons. The van der Waals surface area contributed by atoms with Crippen LogP contribution in [0.3, 0.4) is 0 Å². The minimum atomic E-state index is -0.690. The molecule has 5 rings (SSSR count). The summed E-state index contributed by atoms with van der Waals surface area (Å²) >= 11 is 1.27. The van der Waals surface area contributed by atoms with Crippen LogP contribution < -0.4 is 34.4 Å². The first-order valence-electron chi connectivity index (χ1n) is 13.4. The number of methoxy groups -OCH3 is 1. The number of carbonyl (C=O) groups is 1. The van der Waals surface area contributed by atoms with Gasteiger partial charge in [0.2, 0.25) is 0 Å². The van der Waals surface area contributed by atoms with Crippen LogP contribution in [0.15, 0.2) is 93.9 Å². The molecule has 1 aliphatic heterocycles. The third kappa shape index (κ3) is 5.67. The van der Waals surface area contributed by atoms with E-state index in [1.807, 2.05) is 86.6 Å². The molecule has 0 fully saturated rings. The molecule has 3 aromatic carbocycles. The SMILES string of the molecule is CCOc1ccc([C@@H]2C(C(=O)Nc3ccccc3)=C(C)N=c3s/c(=C\c4cccc(OC)c4OCC)c(=O)n32)cc1. The smallest absolute Gasteiger partial charge is 0.271 e. The van der Waals surface area contributed by atoms with Crippen molar-refractivity contribution in [3.63, 3.8) is 0 Å². The first-order chi connectivity index (χ1) is 19.9. The van der Waals surface area contributed by atoms with Gasteiger partial charge in [-0.1, -0.05) is 53.8 Å². The number of rotatable bonds is 9. The van der Waals surface area contributed by atoms with Crippen molar-refractivity contribution in [3.8, 4) is 17.2 Å². The number of nitrogens with zero attached hydrogens (tertiary/aromatic N) is 2. The van der Waals surface area contributed by atoms with E-state index in [9.17, 15) is 9.59 Å². The zero-order chi connectivity index (χ0) is 28.9. The van der Waals surface area contributed by atoms with Crippen LogP contribution in [0.25, 0.3) is 6.08 Å². The van der Waals surface area contributed by atoms with Gasteiger partial charge in [0.1, 0.15) is 5.75 Å². The second kappa shape index (κ2) is 12.3. The van der Waals surface area contributed by atoms with Gasteiger partial charge in [-0.05, 0) is 62.7 Å². The molecule has 1 aliphatic rings. The van der Waals surface area contributed by atoms with Crippen molar-refractivity contribution in [2.45, 2.75) is 26.8 Å². The van der Waals surface area contributed by atoms with Crippen molar-refractivity contribution in [2.24, 2.45) is 4.99 Å². The predicted molar refractivity (Wildman–Crippen MR) is 161 cm³/mol. The van der Waals surface area contributed by atoms with Gasteiger partial charge in [-0.2, -0.15) is 0 Å². The lowest BCUT2D eigenvalue weighted by molar-refractivity contribution is -0.113. The molecule has 9 heteroatoms. The number of benzene rings is 3. The quantitative estimate of drug-likeness (QED) is 0.316. The molecule has 41 heavy (non-hydrogen) atoms. The summed E-state index contributed by atoms with van der Waals surface area (Å²) in [4.78, 5) is 33.0. The van der Waals surface area contributed by atoms with Gasteiger partial charge in [-0.3, -0.25) is 14.2 Å². The molecule has 1 N–H and O–H groups in total. The minimum Gasteiger partial charge on any atom is -0.494 e. The van der Waals surface area contributed by atoms with Gasteiger partial charge >= 0.3 is 0 Å².